The zero-order valence-corrected chi connectivity index (χ0v) is 10.8. The van der Waals surface area contributed by atoms with Crippen molar-refractivity contribution in [3.05, 3.63) is 16.9 Å². The third kappa shape index (κ3) is 2.18. The Morgan fingerprint density at radius 1 is 1.25 bits per heavy atom. The van der Waals surface area contributed by atoms with Crippen LogP contribution < -0.4 is 0 Å². The van der Waals surface area contributed by atoms with Gasteiger partial charge in [-0.1, -0.05) is 0 Å². The Morgan fingerprint density at radius 2 is 1.67 bits per heavy atom. The third-order valence-corrected chi connectivity index (χ3v) is 14.2. The van der Waals surface area contributed by atoms with Gasteiger partial charge in [-0.05, 0) is 0 Å². The molecular formula is C10H20GeO. The summed E-state index contributed by atoms with van der Waals surface area (Å²) in [6.45, 7) is 10.5. The van der Waals surface area contributed by atoms with Crippen LogP contribution in [0.1, 0.15) is 20.8 Å². The first-order chi connectivity index (χ1) is 5.70. The number of hydrogen-bond acceptors (Lipinski definition) is 1. The number of ether oxygens (including phenoxy) is 1. The second-order valence-electron chi connectivity index (χ2n) is 3.05. The summed E-state index contributed by atoms with van der Waals surface area (Å²) in [4.78, 5) is 0. The van der Waals surface area contributed by atoms with E-state index in [-0.39, 0.29) is 0 Å². The molecule has 12 heavy (non-hydrogen) atoms. The van der Waals surface area contributed by atoms with Gasteiger partial charge in [0.15, 0.2) is 0 Å². The van der Waals surface area contributed by atoms with E-state index in [0.717, 1.165) is 4.59 Å². The molecule has 0 fully saturated rings. The first-order valence-electron chi connectivity index (χ1n) is 4.65. The van der Waals surface area contributed by atoms with Crippen LogP contribution in [0.25, 0.3) is 0 Å². The first kappa shape index (κ1) is 11.9. The fraction of sp³-hybridized carbons (Fsp3) is 0.700. The van der Waals surface area contributed by atoms with Crippen LogP contribution in [0.3, 0.4) is 0 Å². The molecule has 0 atom stereocenters. The van der Waals surface area contributed by atoms with Crippen molar-refractivity contribution in [1.82, 2.24) is 0 Å². The van der Waals surface area contributed by atoms with E-state index in [1.807, 2.05) is 0 Å². The fourth-order valence-corrected chi connectivity index (χ4v) is 8.57. The summed E-state index contributed by atoms with van der Waals surface area (Å²) >= 11 is -1.85. The molecule has 0 bridgehead atoms. The van der Waals surface area contributed by atoms with Crippen molar-refractivity contribution in [3.8, 4) is 0 Å². The van der Waals surface area contributed by atoms with Gasteiger partial charge in [-0.2, -0.15) is 0 Å². The second kappa shape index (κ2) is 5.50. The third-order valence-electron chi connectivity index (χ3n) is 2.88. The molecule has 2 heteroatoms. The van der Waals surface area contributed by atoms with Crippen LogP contribution >= 0.6 is 0 Å². The van der Waals surface area contributed by atoms with Crippen molar-refractivity contribution < 1.29 is 4.74 Å². The monoisotopic (exact) mass is 230 g/mol. The number of methoxy groups -OCH3 is 1. The van der Waals surface area contributed by atoms with Crippen molar-refractivity contribution >= 4 is 13.3 Å². The van der Waals surface area contributed by atoms with Crippen LogP contribution in [0.2, 0.25) is 15.8 Å². The molecule has 0 aromatic heterocycles. The van der Waals surface area contributed by atoms with E-state index < -0.39 is 13.3 Å². The van der Waals surface area contributed by atoms with Gasteiger partial charge in [-0.25, -0.2) is 0 Å². The Hall–Kier alpha value is -0.137. The molecule has 0 rings (SSSR count). The van der Waals surface area contributed by atoms with E-state index in [2.05, 4.69) is 33.1 Å². The SMILES string of the molecule is C=C=[C](OC)[Ge]([CH2]C)([CH2]C)[CH2]C. The molecule has 0 unspecified atom stereocenters. The summed E-state index contributed by atoms with van der Waals surface area (Å²) in [5.74, 6) is 0. The summed E-state index contributed by atoms with van der Waals surface area (Å²) in [5, 5.41) is 3.83. The van der Waals surface area contributed by atoms with Crippen molar-refractivity contribution in [2.75, 3.05) is 7.11 Å². The van der Waals surface area contributed by atoms with Gasteiger partial charge < -0.3 is 0 Å². The predicted octanol–water partition coefficient (Wildman–Crippen LogP) is 3.35. The molecule has 0 aliphatic heterocycles. The molecule has 0 radical (unpaired) electrons. The molecule has 0 spiro atoms. The van der Waals surface area contributed by atoms with E-state index in [0.29, 0.717) is 0 Å². The van der Waals surface area contributed by atoms with Gasteiger partial charge in [0.1, 0.15) is 0 Å². The molecule has 1 nitrogen and oxygen atoms in total. The average molecular weight is 229 g/mol. The van der Waals surface area contributed by atoms with Gasteiger partial charge >= 0.3 is 78.5 Å². The first-order valence-corrected chi connectivity index (χ1v) is 10.1. The molecule has 0 aliphatic rings. The Morgan fingerprint density at radius 3 is 1.75 bits per heavy atom. The Labute approximate surface area is 78.9 Å². The van der Waals surface area contributed by atoms with Crippen LogP contribution in [0.4, 0.5) is 0 Å². The predicted molar refractivity (Wildman–Crippen MR) is 56.9 cm³/mol. The molecular weight excluding hydrogens is 209 g/mol. The standard InChI is InChI=1S/C10H20GeO/c1-6-10(12-5)11(7-2,8-3)9-4/h1,7-9H2,2-5H3. The molecule has 0 heterocycles. The Kier molecular flexibility index (Phi) is 5.44. The van der Waals surface area contributed by atoms with Gasteiger partial charge in [-0.15, -0.1) is 0 Å². The van der Waals surface area contributed by atoms with Gasteiger partial charge in [0.05, 0.1) is 0 Å². The molecule has 0 aromatic carbocycles. The molecule has 0 aliphatic carbocycles. The maximum absolute atomic E-state index is 5.36. The number of rotatable bonds is 5. The van der Waals surface area contributed by atoms with Gasteiger partial charge in [0.25, 0.3) is 0 Å². The quantitative estimate of drug-likeness (QED) is 0.399. The average Bonchev–Trinajstić information content (AvgIpc) is 2.14. The second-order valence-corrected chi connectivity index (χ2v) is 13.8. The summed E-state index contributed by atoms with van der Waals surface area (Å²) in [6.07, 6.45) is 0. The normalized spacial score (nSPS) is 10.7. The van der Waals surface area contributed by atoms with Crippen molar-refractivity contribution in [3.63, 3.8) is 0 Å². The van der Waals surface area contributed by atoms with Crippen LogP contribution in [-0.4, -0.2) is 20.4 Å². The summed E-state index contributed by atoms with van der Waals surface area (Å²) in [6, 6.07) is 0. The zero-order chi connectivity index (χ0) is 9.61. The zero-order valence-electron chi connectivity index (χ0n) is 8.74. The molecule has 0 saturated carbocycles. The van der Waals surface area contributed by atoms with E-state index in [1.165, 1.54) is 15.8 Å². The van der Waals surface area contributed by atoms with Crippen LogP contribution in [0.5, 0.6) is 0 Å². The van der Waals surface area contributed by atoms with Gasteiger partial charge in [-0.3, -0.25) is 0 Å². The fourth-order valence-electron chi connectivity index (χ4n) is 1.71. The van der Waals surface area contributed by atoms with E-state index >= 15 is 0 Å². The van der Waals surface area contributed by atoms with E-state index in [9.17, 15) is 0 Å². The maximum atomic E-state index is 5.36. The van der Waals surface area contributed by atoms with Crippen molar-refractivity contribution in [1.29, 1.82) is 0 Å². The van der Waals surface area contributed by atoms with Crippen molar-refractivity contribution in [2.45, 2.75) is 36.5 Å². The minimum absolute atomic E-state index is 1.10. The molecule has 0 amide bonds. The van der Waals surface area contributed by atoms with E-state index in [1.54, 1.807) is 7.11 Å². The van der Waals surface area contributed by atoms with E-state index in [4.69, 9.17) is 4.74 Å². The summed E-state index contributed by atoms with van der Waals surface area (Å²) < 4.78 is 6.46. The molecule has 0 N–H and O–H groups in total. The molecule has 70 valence electrons. The Bertz CT molecular complexity index is 168. The topological polar surface area (TPSA) is 9.23 Å². The van der Waals surface area contributed by atoms with Crippen LogP contribution in [0, 0.1) is 0 Å². The number of hydrogen-bond donors (Lipinski definition) is 0. The van der Waals surface area contributed by atoms with Gasteiger partial charge in [0.2, 0.25) is 0 Å². The summed E-state index contributed by atoms with van der Waals surface area (Å²) in [5.41, 5.74) is 2.97. The van der Waals surface area contributed by atoms with Crippen molar-refractivity contribution in [2.24, 2.45) is 0 Å². The van der Waals surface area contributed by atoms with Gasteiger partial charge in [0, 0.05) is 0 Å². The molecule has 0 saturated heterocycles. The van der Waals surface area contributed by atoms with Crippen LogP contribution in [-0.2, 0) is 4.74 Å². The van der Waals surface area contributed by atoms with Crippen LogP contribution in [0.15, 0.2) is 16.9 Å². The molecule has 0 aromatic rings. The summed E-state index contributed by atoms with van der Waals surface area (Å²) in [7, 11) is 1.74. The minimum atomic E-state index is -1.85. The Balaban J connectivity index is 4.80.